The van der Waals surface area contributed by atoms with E-state index in [9.17, 15) is 17.6 Å². The van der Waals surface area contributed by atoms with E-state index < -0.39 is 15.8 Å². The average molecular weight is 419 g/mol. The van der Waals surface area contributed by atoms with Gasteiger partial charge in [0.1, 0.15) is 5.82 Å². The van der Waals surface area contributed by atoms with Crippen LogP contribution < -0.4 is 10.2 Å². The van der Waals surface area contributed by atoms with Crippen molar-refractivity contribution < 1.29 is 22.5 Å². The van der Waals surface area contributed by atoms with Crippen LogP contribution in [0.3, 0.4) is 0 Å². The second kappa shape index (κ2) is 8.22. The zero-order valence-electron chi connectivity index (χ0n) is 16.2. The summed E-state index contributed by atoms with van der Waals surface area (Å²) < 4.78 is 39.8. The fourth-order valence-electron chi connectivity index (χ4n) is 4.06. The number of quaternary nitrogens is 1. The molecule has 0 radical (unpaired) electrons. The quantitative estimate of drug-likeness (QED) is 0.756. The maximum Gasteiger partial charge on any atom is 0.279 e. The highest BCUT2D eigenvalue weighted by atomic mass is 32.2. The fourth-order valence-corrected chi connectivity index (χ4v) is 5.50. The third kappa shape index (κ3) is 4.49. The molecular weight excluding hydrogens is 393 g/mol. The average Bonchev–Trinajstić information content (AvgIpc) is 3.16. The van der Waals surface area contributed by atoms with Crippen molar-refractivity contribution in [1.82, 2.24) is 4.31 Å². The van der Waals surface area contributed by atoms with Crippen LogP contribution in [0.5, 0.6) is 0 Å². The van der Waals surface area contributed by atoms with Crippen LogP contribution in [-0.4, -0.2) is 51.4 Å². The Morgan fingerprint density at radius 2 is 1.72 bits per heavy atom. The number of halogens is 1. The zero-order valence-corrected chi connectivity index (χ0v) is 17.0. The summed E-state index contributed by atoms with van der Waals surface area (Å²) in [5.74, 6) is -0.527. The Labute approximate surface area is 170 Å². The van der Waals surface area contributed by atoms with Crippen molar-refractivity contribution in [2.75, 3.05) is 38.0 Å². The van der Waals surface area contributed by atoms with Gasteiger partial charge in [0, 0.05) is 5.69 Å². The van der Waals surface area contributed by atoms with Crippen LogP contribution in [0.25, 0.3) is 0 Å². The maximum atomic E-state index is 13.1. The Kier molecular flexibility index (Phi) is 5.67. The highest BCUT2D eigenvalue weighted by molar-refractivity contribution is 7.89. The monoisotopic (exact) mass is 418 g/mol. The van der Waals surface area contributed by atoms with Gasteiger partial charge in [-0.3, -0.25) is 4.79 Å². The second-order valence-electron chi connectivity index (χ2n) is 7.67. The molecule has 1 fully saturated rings. The predicted octanol–water partition coefficient (Wildman–Crippen LogP) is 0.842. The Bertz CT molecular complexity index is 1000. The number of piperazine rings is 1. The normalized spacial score (nSPS) is 17.8. The molecule has 0 unspecified atom stereocenters. The van der Waals surface area contributed by atoms with Crippen LogP contribution in [0.2, 0.25) is 0 Å². The predicted molar refractivity (Wildman–Crippen MR) is 108 cm³/mol. The largest absolute Gasteiger partial charge is 0.325 e. The molecule has 0 spiro atoms. The minimum Gasteiger partial charge on any atom is -0.325 e. The number of hydrogen-bond donors (Lipinski definition) is 2. The molecule has 1 amide bonds. The lowest BCUT2D eigenvalue weighted by molar-refractivity contribution is -0.895. The lowest BCUT2D eigenvalue weighted by Crippen LogP contribution is -3.15. The van der Waals surface area contributed by atoms with Crippen LogP contribution in [0.4, 0.5) is 10.1 Å². The molecule has 1 saturated heterocycles. The fraction of sp³-hybridized carbons (Fsp3) is 0.381. The third-order valence-corrected chi connectivity index (χ3v) is 7.59. The lowest BCUT2D eigenvalue weighted by atomic mass is 10.1. The number of fused-ring (bicyclic) bond motifs is 1. The Morgan fingerprint density at radius 1 is 1.03 bits per heavy atom. The van der Waals surface area contributed by atoms with Gasteiger partial charge in [-0.05, 0) is 66.8 Å². The van der Waals surface area contributed by atoms with Gasteiger partial charge in [0.15, 0.2) is 6.54 Å². The van der Waals surface area contributed by atoms with Crippen LogP contribution in [-0.2, 0) is 27.7 Å². The first-order valence-electron chi connectivity index (χ1n) is 9.93. The minimum absolute atomic E-state index is 0.0622. The number of hydrogen-bond acceptors (Lipinski definition) is 3. The standard InChI is InChI=1S/C21H24FN3O3S/c22-18-5-8-20(9-6-18)29(27,28)25-12-10-24(11-13-25)15-21(26)23-19-7-4-16-2-1-3-17(16)14-19/h4-9,14H,1-3,10-13,15H2,(H,23,26)/p+1. The number of carbonyl (C=O) groups excluding carboxylic acids is 1. The molecular formula is C21H25FN3O3S+. The molecule has 4 rings (SSSR count). The highest BCUT2D eigenvalue weighted by Crippen LogP contribution is 2.24. The number of benzene rings is 2. The van der Waals surface area contributed by atoms with E-state index in [1.165, 1.54) is 34.0 Å². The van der Waals surface area contributed by atoms with E-state index in [1.807, 2.05) is 6.07 Å². The zero-order chi connectivity index (χ0) is 20.4. The number of rotatable bonds is 5. The van der Waals surface area contributed by atoms with E-state index in [-0.39, 0.29) is 10.8 Å². The van der Waals surface area contributed by atoms with Gasteiger partial charge in [0.05, 0.1) is 31.1 Å². The summed E-state index contributed by atoms with van der Waals surface area (Å²) in [6.07, 6.45) is 3.34. The van der Waals surface area contributed by atoms with Gasteiger partial charge in [0.25, 0.3) is 5.91 Å². The Hall–Kier alpha value is -2.29. The van der Waals surface area contributed by atoms with Gasteiger partial charge in [-0.2, -0.15) is 4.31 Å². The summed E-state index contributed by atoms with van der Waals surface area (Å²) >= 11 is 0. The molecule has 0 aromatic heterocycles. The summed E-state index contributed by atoms with van der Waals surface area (Å²) in [6.45, 7) is 2.08. The van der Waals surface area contributed by atoms with Gasteiger partial charge < -0.3 is 10.2 Å². The molecule has 0 saturated carbocycles. The topological polar surface area (TPSA) is 70.9 Å². The SMILES string of the molecule is O=C(C[NH+]1CCN(S(=O)(=O)c2ccc(F)cc2)CC1)Nc1ccc2c(c1)CCC2. The molecule has 8 heteroatoms. The van der Waals surface area contributed by atoms with Crippen molar-refractivity contribution in [3.05, 3.63) is 59.4 Å². The third-order valence-electron chi connectivity index (χ3n) is 5.67. The van der Waals surface area contributed by atoms with Crippen molar-refractivity contribution in [2.24, 2.45) is 0 Å². The molecule has 0 bridgehead atoms. The summed E-state index contributed by atoms with van der Waals surface area (Å²) in [5, 5.41) is 2.96. The molecule has 2 aromatic rings. The van der Waals surface area contributed by atoms with E-state index >= 15 is 0 Å². The first-order chi connectivity index (χ1) is 13.9. The molecule has 1 aliphatic carbocycles. The van der Waals surface area contributed by atoms with E-state index in [0.717, 1.165) is 35.6 Å². The maximum absolute atomic E-state index is 13.1. The molecule has 154 valence electrons. The summed E-state index contributed by atoms with van der Waals surface area (Å²) in [6, 6.07) is 11.0. The highest BCUT2D eigenvalue weighted by Gasteiger charge is 2.31. The van der Waals surface area contributed by atoms with Crippen molar-refractivity contribution in [2.45, 2.75) is 24.2 Å². The molecule has 1 aliphatic heterocycles. The van der Waals surface area contributed by atoms with Crippen molar-refractivity contribution in [3.8, 4) is 0 Å². The minimum atomic E-state index is -3.63. The second-order valence-corrected chi connectivity index (χ2v) is 9.61. The van der Waals surface area contributed by atoms with Crippen molar-refractivity contribution in [3.63, 3.8) is 0 Å². The van der Waals surface area contributed by atoms with Crippen LogP contribution in [0, 0.1) is 5.82 Å². The van der Waals surface area contributed by atoms with Gasteiger partial charge >= 0.3 is 0 Å². The summed E-state index contributed by atoms with van der Waals surface area (Å²) in [5.41, 5.74) is 3.51. The Morgan fingerprint density at radius 3 is 2.45 bits per heavy atom. The van der Waals surface area contributed by atoms with Crippen LogP contribution >= 0.6 is 0 Å². The molecule has 0 atom stereocenters. The van der Waals surface area contributed by atoms with Gasteiger partial charge in [-0.25, -0.2) is 12.8 Å². The summed E-state index contributed by atoms with van der Waals surface area (Å²) in [7, 11) is -3.63. The number of aryl methyl sites for hydroxylation is 2. The van der Waals surface area contributed by atoms with E-state index in [4.69, 9.17) is 0 Å². The smallest absolute Gasteiger partial charge is 0.279 e. The first kappa shape index (κ1) is 20.0. The molecule has 6 nitrogen and oxygen atoms in total. The van der Waals surface area contributed by atoms with Gasteiger partial charge in [-0.15, -0.1) is 0 Å². The van der Waals surface area contributed by atoms with Crippen molar-refractivity contribution >= 4 is 21.6 Å². The lowest BCUT2D eigenvalue weighted by Gasteiger charge is -2.31. The Balaban J connectivity index is 1.30. The van der Waals surface area contributed by atoms with E-state index in [1.54, 1.807) is 0 Å². The molecule has 29 heavy (non-hydrogen) atoms. The summed E-state index contributed by atoms with van der Waals surface area (Å²) in [4.78, 5) is 13.6. The number of carbonyl (C=O) groups is 1. The van der Waals surface area contributed by atoms with Gasteiger partial charge in [0.2, 0.25) is 10.0 Å². The molecule has 2 N–H and O–H groups in total. The first-order valence-corrected chi connectivity index (χ1v) is 11.4. The number of anilines is 1. The van der Waals surface area contributed by atoms with E-state index in [0.29, 0.717) is 32.7 Å². The number of nitrogens with one attached hydrogen (secondary N) is 2. The van der Waals surface area contributed by atoms with Crippen LogP contribution in [0.1, 0.15) is 17.5 Å². The van der Waals surface area contributed by atoms with Crippen molar-refractivity contribution in [1.29, 1.82) is 0 Å². The van der Waals surface area contributed by atoms with E-state index in [2.05, 4.69) is 17.4 Å². The number of nitrogens with zero attached hydrogens (tertiary/aromatic N) is 1. The molecule has 1 heterocycles. The molecule has 2 aliphatic rings. The number of sulfonamides is 1. The number of amides is 1. The van der Waals surface area contributed by atoms with Crippen LogP contribution in [0.15, 0.2) is 47.4 Å². The molecule has 2 aromatic carbocycles. The van der Waals surface area contributed by atoms with Gasteiger partial charge in [-0.1, -0.05) is 6.07 Å².